The first kappa shape index (κ1) is 9.55. The lowest BCUT2D eigenvalue weighted by molar-refractivity contribution is 0.620. The normalized spacial score (nSPS) is 26.5. The van der Waals surface area contributed by atoms with Crippen LogP contribution in [0.25, 0.3) is 0 Å². The first-order valence-electron chi connectivity index (χ1n) is 4.10. The zero-order valence-corrected chi connectivity index (χ0v) is 7.92. The second-order valence-corrected chi connectivity index (χ2v) is 3.08. The summed E-state index contributed by atoms with van der Waals surface area (Å²) in [4.78, 5) is 0. The summed E-state index contributed by atoms with van der Waals surface area (Å²) in [7, 11) is 0. The molecule has 0 aliphatic heterocycles. The fourth-order valence-corrected chi connectivity index (χ4v) is 1.48. The Kier molecular flexibility index (Phi) is 2.75. The summed E-state index contributed by atoms with van der Waals surface area (Å²) in [5.41, 5.74) is 7.05. The molecule has 0 radical (unpaired) electrons. The smallest absolute Gasteiger partial charge is 0.0492 e. The summed E-state index contributed by atoms with van der Waals surface area (Å²) in [6.45, 7) is 3.05. The Hall–Kier alpha value is -0.540. The van der Waals surface area contributed by atoms with E-state index in [1.165, 1.54) is 5.69 Å². The molecule has 2 rings (SSSR count). The fraction of sp³-hybridized carbons (Fsp3) is 0.625. The second kappa shape index (κ2) is 3.46. The van der Waals surface area contributed by atoms with Crippen molar-refractivity contribution in [2.45, 2.75) is 31.8 Å². The minimum absolute atomic E-state index is 0. The van der Waals surface area contributed by atoms with Gasteiger partial charge in [-0.05, 0) is 19.4 Å². The molecule has 1 aromatic heterocycles. The van der Waals surface area contributed by atoms with E-state index in [0.29, 0.717) is 12.0 Å². The van der Waals surface area contributed by atoms with E-state index in [4.69, 9.17) is 5.73 Å². The van der Waals surface area contributed by atoms with E-state index >= 15 is 0 Å². The van der Waals surface area contributed by atoms with Gasteiger partial charge in [-0.3, -0.25) is 4.68 Å². The summed E-state index contributed by atoms with van der Waals surface area (Å²) in [5, 5.41) is 4.19. The van der Waals surface area contributed by atoms with Gasteiger partial charge in [-0.2, -0.15) is 5.10 Å². The van der Waals surface area contributed by atoms with E-state index in [0.717, 1.165) is 13.0 Å². The highest BCUT2D eigenvalue weighted by atomic mass is 35.5. The summed E-state index contributed by atoms with van der Waals surface area (Å²) < 4.78 is 2.03. The van der Waals surface area contributed by atoms with Gasteiger partial charge in [0.2, 0.25) is 0 Å². The first-order valence-corrected chi connectivity index (χ1v) is 4.10. The van der Waals surface area contributed by atoms with Crippen LogP contribution in [-0.2, 0) is 6.54 Å². The van der Waals surface area contributed by atoms with Crippen LogP contribution in [0.2, 0.25) is 0 Å². The monoisotopic (exact) mass is 187 g/mol. The largest absolute Gasteiger partial charge is 0.327 e. The molecule has 1 aromatic rings. The van der Waals surface area contributed by atoms with Crippen molar-refractivity contribution in [3.05, 3.63) is 18.0 Å². The van der Waals surface area contributed by atoms with Crippen LogP contribution in [0, 0.1) is 0 Å². The van der Waals surface area contributed by atoms with Gasteiger partial charge in [-0.15, -0.1) is 12.4 Å². The van der Waals surface area contributed by atoms with Crippen molar-refractivity contribution < 1.29 is 0 Å². The molecule has 0 aromatic carbocycles. The summed E-state index contributed by atoms with van der Waals surface area (Å²) >= 11 is 0. The Labute approximate surface area is 78.4 Å². The molecule has 0 spiro atoms. The van der Waals surface area contributed by atoms with Crippen LogP contribution in [0.3, 0.4) is 0 Å². The third-order valence-corrected chi connectivity index (χ3v) is 2.27. The van der Waals surface area contributed by atoms with Gasteiger partial charge in [0.05, 0.1) is 0 Å². The summed E-state index contributed by atoms with van der Waals surface area (Å²) in [6.07, 6.45) is 2.98. The van der Waals surface area contributed by atoms with Gasteiger partial charge in [0.15, 0.2) is 0 Å². The molecule has 68 valence electrons. The number of hydrogen-bond acceptors (Lipinski definition) is 2. The van der Waals surface area contributed by atoms with Crippen molar-refractivity contribution in [3.8, 4) is 0 Å². The van der Waals surface area contributed by atoms with E-state index < -0.39 is 0 Å². The van der Waals surface area contributed by atoms with E-state index in [-0.39, 0.29) is 12.4 Å². The number of rotatable bonds is 2. The predicted octanol–water partition coefficient (Wildman–Crippen LogP) is 1.14. The van der Waals surface area contributed by atoms with E-state index in [9.17, 15) is 0 Å². The molecule has 1 saturated carbocycles. The lowest BCUT2D eigenvalue weighted by Gasteiger charge is -2.01. The Morgan fingerprint density at radius 3 is 2.92 bits per heavy atom. The predicted molar refractivity (Wildman–Crippen MR) is 50.5 cm³/mol. The molecule has 4 heteroatoms. The molecule has 3 nitrogen and oxygen atoms in total. The van der Waals surface area contributed by atoms with Gasteiger partial charge in [0.1, 0.15) is 0 Å². The molecule has 1 aliphatic carbocycles. The van der Waals surface area contributed by atoms with Crippen LogP contribution in [-0.4, -0.2) is 15.8 Å². The maximum atomic E-state index is 5.74. The lowest BCUT2D eigenvalue weighted by atomic mass is 10.3. The molecule has 0 bridgehead atoms. The van der Waals surface area contributed by atoms with Crippen LogP contribution < -0.4 is 5.73 Å². The number of nitrogens with two attached hydrogens (primary N) is 1. The van der Waals surface area contributed by atoms with Crippen LogP contribution in [0.4, 0.5) is 0 Å². The van der Waals surface area contributed by atoms with Gasteiger partial charge in [-0.1, -0.05) is 0 Å². The Balaban J connectivity index is 0.000000720. The lowest BCUT2D eigenvalue weighted by Crippen LogP contribution is -2.06. The van der Waals surface area contributed by atoms with E-state index in [1.807, 2.05) is 10.9 Å². The minimum Gasteiger partial charge on any atom is -0.327 e. The topological polar surface area (TPSA) is 43.8 Å². The molecular formula is C8H14ClN3. The minimum atomic E-state index is 0. The van der Waals surface area contributed by atoms with Crippen LogP contribution >= 0.6 is 12.4 Å². The van der Waals surface area contributed by atoms with Crippen LogP contribution in [0.15, 0.2) is 12.3 Å². The van der Waals surface area contributed by atoms with Crippen LogP contribution in [0.5, 0.6) is 0 Å². The highest BCUT2D eigenvalue weighted by Crippen LogP contribution is 2.38. The molecule has 1 aliphatic rings. The molecule has 2 atom stereocenters. The number of aromatic nitrogens is 2. The molecule has 0 saturated heterocycles. The molecule has 1 fully saturated rings. The van der Waals surface area contributed by atoms with E-state index in [2.05, 4.69) is 18.1 Å². The highest BCUT2D eigenvalue weighted by molar-refractivity contribution is 5.85. The van der Waals surface area contributed by atoms with Gasteiger partial charge >= 0.3 is 0 Å². The third kappa shape index (κ3) is 1.47. The van der Waals surface area contributed by atoms with Gasteiger partial charge in [-0.25, -0.2) is 0 Å². The number of aryl methyl sites for hydroxylation is 1. The highest BCUT2D eigenvalue weighted by Gasteiger charge is 2.36. The maximum Gasteiger partial charge on any atom is 0.0492 e. The number of hydrogen-bond donors (Lipinski definition) is 1. The average Bonchev–Trinajstić information content (AvgIpc) is 2.58. The van der Waals surface area contributed by atoms with Crippen molar-refractivity contribution >= 4 is 12.4 Å². The van der Waals surface area contributed by atoms with Crippen LogP contribution in [0.1, 0.15) is 25.0 Å². The fourth-order valence-electron chi connectivity index (χ4n) is 1.48. The van der Waals surface area contributed by atoms with Gasteiger partial charge in [0.25, 0.3) is 0 Å². The van der Waals surface area contributed by atoms with Crippen molar-refractivity contribution in [1.29, 1.82) is 0 Å². The van der Waals surface area contributed by atoms with Crippen molar-refractivity contribution in [2.24, 2.45) is 5.73 Å². The standard InChI is InChI=1S/C8H13N3.ClH/c1-2-11-8(3-4-10-11)6-5-7(6)9;/h3-4,6-7H,2,5,9H2,1H3;1H. The van der Waals surface area contributed by atoms with Gasteiger partial charge in [0, 0.05) is 30.4 Å². The first-order chi connectivity index (χ1) is 5.33. The average molecular weight is 188 g/mol. The van der Waals surface area contributed by atoms with Gasteiger partial charge < -0.3 is 5.73 Å². The summed E-state index contributed by atoms with van der Waals surface area (Å²) in [5.74, 6) is 0.581. The Morgan fingerprint density at radius 2 is 2.42 bits per heavy atom. The molecular weight excluding hydrogens is 174 g/mol. The molecule has 1 heterocycles. The number of nitrogens with zero attached hydrogens (tertiary/aromatic N) is 2. The van der Waals surface area contributed by atoms with E-state index in [1.54, 1.807) is 0 Å². The van der Waals surface area contributed by atoms with Crippen molar-refractivity contribution in [1.82, 2.24) is 9.78 Å². The SMILES string of the molecule is CCn1nccc1C1CC1N.Cl. The molecule has 2 N–H and O–H groups in total. The molecule has 0 amide bonds. The zero-order chi connectivity index (χ0) is 7.84. The molecule has 2 unspecified atom stereocenters. The Morgan fingerprint density at radius 1 is 1.75 bits per heavy atom. The second-order valence-electron chi connectivity index (χ2n) is 3.08. The third-order valence-electron chi connectivity index (χ3n) is 2.27. The Bertz CT molecular complexity index is 259. The quantitative estimate of drug-likeness (QED) is 0.755. The maximum absolute atomic E-state index is 5.74. The van der Waals surface area contributed by atoms with Crippen molar-refractivity contribution in [3.63, 3.8) is 0 Å². The summed E-state index contributed by atoms with van der Waals surface area (Å²) in [6, 6.07) is 2.46. The zero-order valence-electron chi connectivity index (χ0n) is 7.10. The molecule has 12 heavy (non-hydrogen) atoms. The van der Waals surface area contributed by atoms with Crippen molar-refractivity contribution in [2.75, 3.05) is 0 Å². The number of halogens is 1.